The Bertz CT molecular complexity index is 336. The standard InChI is InChI=1S/C9H9BrFNO2/c10-6-2-1-3-7(11)5(6)4-8(12)9(13)14/h1-3,8H,4,12H2,(H,13,14). The zero-order valence-corrected chi connectivity index (χ0v) is 8.79. The van der Waals surface area contributed by atoms with Gasteiger partial charge in [0, 0.05) is 16.5 Å². The van der Waals surface area contributed by atoms with Crippen molar-refractivity contribution < 1.29 is 14.3 Å². The first kappa shape index (κ1) is 11.1. The predicted octanol–water partition coefficient (Wildman–Crippen LogP) is 1.54. The van der Waals surface area contributed by atoms with Crippen molar-refractivity contribution in [2.45, 2.75) is 12.5 Å². The van der Waals surface area contributed by atoms with Crippen molar-refractivity contribution >= 4 is 21.9 Å². The highest BCUT2D eigenvalue weighted by Gasteiger charge is 2.16. The fourth-order valence-electron chi connectivity index (χ4n) is 1.03. The molecule has 0 radical (unpaired) electrons. The van der Waals surface area contributed by atoms with E-state index in [4.69, 9.17) is 10.8 Å². The van der Waals surface area contributed by atoms with Crippen molar-refractivity contribution in [2.24, 2.45) is 5.73 Å². The van der Waals surface area contributed by atoms with Crippen LogP contribution in [0.4, 0.5) is 4.39 Å². The number of aliphatic carboxylic acids is 1. The molecule has 1 aromatic rings. The van der Waals surface area contributed by atoms with E-state index in [1.54, 1.807) is 6.07 Å². The number of carboxylic acids is 1. The van der Waals surface area contributed by atoms with Crippen LogP contribution in [0.3, 0.4) is 0 Å². The molecule has 0 aromatic heterocycles. The van der Waals surface area contributed by atoms with Gasteiger partial charge in [0.15, 0.2) is 0 Å². The van der Waals surface area contributed by atoms with E-state index < -0.39 is 17.8 Å². The SMILES string of the molecule is NC(Cc1c(F)cccc1Br)C(=O)O. The van der Waals surface area contributed by atoms with E-state index in [1.165, 1.54) is 12.1 Å². The van der Waals surface area contributed by atoms with Crippen LogP contribution >= 0.6 is 15.9 Å². The second-order valence-electron chi connectivity index (χ2n) is 2.85. The van der Waals surface area contributed by atoms with Crippen LogP contribution in [0.15, 0.2) is 22.7 Å². The van der Waals surface area contributed by atoms with Crippen molar-refractivity contribution in [3.8, 4) is 0 Å². The Morgan fingerprint density at radius 1 is 1.64 bits per heavy atom. The highest BCUT2D eigenvalue weighted by atomic mass is 79.9. The second kappa shape index (κ2) is 4.52. The summed E-state index contributed by atoms with van der Waals surface area (Å²) in [5.74, 6) is -1.59. The van der Waals surface area contributed by atoms with Crippen LogP contribution in [0.25, 0.3) is 0 Å². The van der Waals surface area contributed by atoms with Crippen LogP contribution in [0.1, 0.15) is 5.56 Å². The molecular formula is C9H9BrFNO2. The van der Waals surface area contributed by atoms with E-state index in [2.05, 4.69) is 15.9 Å². The van der Waals surface area contributed by atoms with Gasteiger partial charge in [-0.25, -0.2) is 4.39 Å². The van der Waals surface area contributed by atoms with Crippen molar-refractivity contribution in [1.29, 1.82) is 0 Å². The first-order valence-electron chi connectivity index (χ1n) is 3.93. The molecule has 0 saturated carbocycles. The summed E-state index contributed by atoms with van der Waals surface area (Å²) in [6.45, 7) is 0. The lowest BCUT2D eigenvalue weighted by atomic mass is 10.1. The van der Waals surface area contributed by atoms with E-state index >= 15 is 0 Å². The van der Waals surface area contributed by atoms with E-state index in [9.17, 15) is 9.18 Å². The molecule has 5 heteroatoms. The first-order valence-corrected chi connectivity index (χ1v) is 4.73. The fraction of sp³-hybridized carbons (Fsp3) is 0.222. The predicted molar refractivity (Wildman–Crippen MR) is 53.4 cm³/mol. The molecule has 76 valence electrons. The quantitative estimate of drug-likeness (QED) is 0.868. The molecule has 1 atom stereocenters. The van der Waals surface area contributed by atoms with Crippen molar-refractivity contribution in [1.82, 2.24) is 0 Å². The van der Waals surface area contributed by atoms with Gasteiger partial charge in [-0.3, -0.25) is 4.79 Å². The summed E-state index contributed by atoms with van der Waals surface area (Å²) in [5, 5.41) is 8.56. The smallest absolute Gasteiger partial charge is 0.320 e. The lowest BCUT2D eigenvalue weighted by molar-refractivity contribution is -0.138. The Balaban J connectivity index is 2.91. The molecule has 0 spiro atoms. The molecule has 0 fully saturated rings. The molecule has 0 saturated heterocycles. The molecule has 0 amide bonds. The van der Waals surface area contributed by atoms with Gasteiger partial charge in [0.25, 0.3) is 0 Å². The summed E-state index contributed by atoms with van der Waals surface area (Å²) in [6.07, 6.45) is -0.0252. The average Bonchev–Trinajstić information content (AvgIpc) is 2.11. The summed E-state index contributed by atoms with van der Waals surface area (Å²) in [5.41, 5.74) is 5.59. The second-order valence-corrected chi connectivity index (χ2v) is 3.70. The molecule has 3 N–H and O–H groups in total. The lowest BCUT2D eigenvalue weighted by Crippen LogP contribution is -2.32. The zero-order chi connectivity index (χ0) is 10.7. The summed E-state index contributed by atoms with van der Waals surface area (Å²) in [6, 6.07) is 3.37. The highest BCUT2D eigenvalue weighted by Crippen LogP contribution is 2.20. The third kappa shape index (κ3) is 2.52. The number of benzene rings is 1. The van der Waals surface area contributed by atoms with Gasteiger partial charge in [-0.2, -0.15) is 0 Å². The topological polar surface area (TPSA) is 63.3 Å². The van der Waals surface area contributed by atoms with E-state index in [0.717, 1.165) is 0 Å². The molecule has 0 aliphatic carbocycles. The molecule has 3 nitrogen and oxygen atoms in total. The van der Waals surface area contributed by atoms with Crippen molar-refractivity contribution in [3.63, 3.8) is 0 Å². The van der Waals surface area contributed by atoms with Gasteiger partial charge in [0.05, 0.1) is 0 Å². The maximum atomic E-state index is 13.2. The monoisotopic (exact) mass is 261 g/mol. The molecule has 14 heavy (non-hydrogen) atoms. The largest absolute Gasteiger partial charge is 0.480 e. The number of hydrogen-bond donors (Lipinski definition) is 2. The molecule has 0 bridgehead atoms. The Hall–Kier alpha value is -0.940. The van der Waals surface area contributed by atoms with Crippen molar-refractivity contribution in [3.05, 3.63) is 34.1 Å². The van der Waals surface area contributed by atoms with Gasteiger partial charge in [0.2, 0.25) is 0 Å². The number of carbonyl (C=O) groups is 1. The summed E-state index contributed by atoms with van der Waals surface area (Å²) in [7, 11) is 0. The van der Waals surface area contributed by atoms with E-state index in [1.807, 2.05) is 0 Å². The lowest BCUT2D eigenvalue weighted by Gasteiger charge is -2.08. The summed E-state index contributed by atoms with van der Waals surface area (Å²) in [4.78, 5) is 10.5. The van der Waals surface area contributed by atoms with E-state index in [-0.39, 0.29) is 6.42 Å². The normalized spacial score (nSPS) is 12.5. The Morgan fingerprint density at radius 2 is 2.29 bits per heavy atom. The van der Waals surface area contributed by atoms with Crippen LogP contribution in [0.2, 0.25) is 0 Å². The molecule has 1 unspecified atom stereocenters. The van der Waals surface area contributed by atoms with Crippen LogP contribution in [0, 0.1) is 5.82 Å². The minimum Gasteiger partial charge on any atom is -0.480 e. The maximum Gasteiger partial charge on any atom is 0.320 e. The van der Waals surface area contributed by atoms with Gasteiger partial charge in [0.1, 0.15) is 11.9 Å². The third-order valence-electron chi connectivity index (χ3n) is 1.80. The van der Waals surface area contributed by atoms with Gasteiger partial charge >= 0.3 is 5.97 Å². The molecular weight excluding hydrogens is 253 g/mol. The maximum absolute atomic E-state index is 13.2. The van der Waals surface area contributed by atoms with Crippen LogP contribution in [0.5, 0.6) is 0 Å². The molecule has 1 rings (SSSR count). The Morgan fingerprint density at radius 3 is 2.79 bits per heavy atom. The van der Waals surface area contributed by atoms with Gasteiger partial charge in [-0.1, -0.05) is 22.0 Å². The van der Waals surface area contributed by atoms with E-state index in [0.29, 0.717) is 10.0 Å². The van der Waals surface area contributed by atoms with Crippen LogP contribution < -0.4 is 5.73 Å². The highest BCUT2D eigenvalue weighted by molar-refractivity contribution is 9.10. The Labute approximate surface area is 88.9 Å². The minimum absolute atomic E-state index is 0.0252. The number of halogens is 2. The van der Waals surface area contributed by atoms with Gasteiger partial charge in [-0.15, -0.1) is 0 Å². The number of hydrogen-bond acceptors (Lipinski definition) is 2. The summed E-state index contributed by atoms with van der Waals surface area (Å²) >= 11 is 3.14. The molecule has 0 aliphatic heterocycles. The molecule has 0 aliphatic rings. The summed E-state index contributed by atoms with van der Waals surface area (Å²) < 4.78 is 13.7. The fourth-order valence-corrected chi connectivity index (χ4v) is 1.54. The van der Waals surface area contributed by atoms with Gasteiger partial charge < -0.3 is 10.8 Å². The zero-order valence-electron chi connectivity index (χ0n) is 7.21. The molecule has 0 heterocycles. The van der Waals surface area contributed by atoms with Crippen molar-refractivity contribution in [2.75, 3.05) is 0 Å². The van der Waals surface area contributed by atoms with Crippen LogP contribution in [-0.4, -0.2) is 17.1 Å². The molecule has 1 aromatic carbocycles. The first-order chi connectivity index (χ1) is 6.52. The van der Waals surface area contributed by atoms with Crippen LogP contribution in [-0.2, 0) is 11.2 Å². The minimum atomic E-state index is -1.14. The number of carboxylic acid groups (broad SMARTS) is 1. The number of rotatable bonds is 3. The van der Waals surface area contributed by atoms with Gasteiger partial charge in [-0.05, 0) is 12.1 Å². The third-order valence-corrected chi connectivity index (χ3v) is 2.55. The Kier molecular flexibility index (Phi) is 3.60. The average molecular weight is 262 g/mol. The number of nitrogens with two attached hydrogens (primary N) is 1.